The van der Waals surface area contributed by atoms with Crippen LogP contribution in [0.15, 0.2) is 36.4 Å². The van der Waals surface area contributed by atoms with Crippen molar-refractivity contribution < 1.29 is 4.74 Å². The van der Waals surface area contributed by atoms with Gasteiger partial charge < -0.3 is 15.0 Å². The highest BCUT2D eigenvalue weighted by molar-refractivity contribution is 7.80. The summed E-state index contributed by atoms with van der Waals surface area (Å²) in [6.45, 7) is 10.9. The lowest BCUT2D eigenvalue weighted by Gasteiger charge is -2.35. The van der Waals surface area contributed by atoms with E-state index in [0.717, 1.165) is 57.4 Å². The van der Waals surface area contributed by atoms with Crippen molar-refractivity contribution >= 4 is 23.4 Å². The van der Waals surface area contributed by atoms with Crippen molar-refractivity contribution in [1.82, 2.24) is 15.1 Å². The smallest absolute Gasteiger partial charge is 0.169 e. The Morgan fingerprint density at radius 2 is 1.92 bits per heavy atom. The molecule has 25 heavy (non-hydrogen) atoms. The fraction of sp³-hybridized carbons (Fsp3) is 0.550. The zero-order valence-corrected chi connectivity index (χ0v) is 16.3. The quantitative estimate of drug-likeness (QED) is 0.568. The van der Waals surface area contributed by atoms with E-state index in [0.29, 0.717) is 6.10 Å². The molecule has 0 amide bonds. The number of piperazine rings is 1. The molecule has 1 fully saturated rings. The van der Waals surface area contributed by atoms with Crippen LogP contribution in [0.25, 0.3) is 6.08 Å². The molecule has 2 rings (SSSR count). The molecule has 1 aliphatic heterocycles. The monoisotopic (exact) mass is 361 g/mol. The van der Waals surface area contributed by atoms with Crippen molar-refractivity contribution in [1.29, 1.82) is 0 Å². The molecule has 1 aliphatic rings. The average Bonchev–Trinajstić information content (AvgIpc) is 2.62. The topological polar surface area (TPSA) is 27.7 Å². The Balaban J connectivity index is 1.59. The maximum absolute atomic E-state index is 5.54. The Hall–Kier alpha value is -1.43. The third kappa shape index (κ3) is 7.99. The molecule has 0 bridgehead atoms. The van der Waals surface area contributed by atoms with E-state index in [-0.39, 0.29) is 0 Å². The first kappa shape index (κ1) is 19.9. The van der Waals surface area contributed by atoms with Crippen LogP contribution in [-0.4, -0.2) is 66.9 Å². The molecule has 1 saturated heterocycles. The summed E-state index contributed by atoms with van der Waals surface area (Å²) in [6.07, 6.45) is 5.73. The molecule has 0 radical (unpaired) electrons. The van der Waals surface area contributed by atoms with Crippen molar-refractivity contribution in [2.45, 2.75) is 26.4 Å². The van der Waals surface area contributed by atoms with E-state index in [1.165, 1.54) is 5.56 Å². The molecule has 5 heteroatoms. The zero-order chi connectivity index (χ0) is 17.9. The molecule has 4 nitrogen and oxygen atoms in total. The Bertz CT molecular complexity index is 525. The van der Waals surface area contributed by atoms with E-state index < -0.39 is 0 Å². The Morgan fingerprint density at radius 3 is 2.60 bits per heavy atom. The SMILES string of the molecule is CC(C)OCCCNC(=S)N1CCN(C/C=C/c2ccccc2)CC1. The van der Waals surface area contributed by atoms with E-state index in [9.17, 15) is 0 Å². The van der Waals surface area contributed by atoms with E-state index in [4.69, 9.17) is 17.0 Å². The largest absolute Gasteiger partial charge is 0.379 e. The van der Waals surface area contributed by atoms with Crippen LogP contribution in [0.1, 0.15) is 25.8 Å². The van der Waals surface area contributed by atoms with Crippen LogP contribution in [0.5, 0.6) is 0 Å². The second-order valence-electron chi connectivity index (χ2n) is 6.61. The number of nitrogens with one attached hydrogen (secondary N) is 1. The molecule has 0 spiro atoms. The number of benzene rings is 1. The lowest BCUT2D eigenvalue weighted by atomic mass is 10.2. The first-order valence-corrected chi connectivity index (χ1v) is 9.64. The van der Waals surface area contributed by atoms with Crippen LogP contribution in [-0.2, 0) is 4.74 Å². The number of ether oxygens (including phenoxy) is 1. The molecule has 1 heterocycles. The third-order valence-electron chi connectivity index (χ3n) is 4.18. The Labute approximate surface area is 157 Å². The standard InChI is InChI=1S/C20H31N3OS/c1-18(2)24-17-7-11-21-20(25)23-15-13-22(14-16-23)12-6-10-19-8-4-3-5-9-19/h3-6,8-10,18H,7,11-17H2,1-2H3,(H,21,25)/b10-6+. The lowest BCUT2D eigenvalue weighted by molar-refractivity contribution is 0.0775. The maximum Gasteiger partial charge on any atom is 0.169 e. The van der Waals surface area contributed by atoms with Crippen molar-refractivity contribution in [3.05, 3.63) is 42.0 Å². The van der Waals surface area contributed by atoms with Gasteiger partial charge in [-0.2, -0.15) is 0 Å². The molecule has 0 aromatic heterocycles. The molecule has 1 aromatic carbocycles. The van der Waals surface area contributed by atoms with E-state index in [1.54, 1.807) is 0 Å². The van der Waals surface area contributed by atoms with Gasteiger partial charge in [-0.05, 0) is 38.0 Å². The molecular formula is C20H31N3OS. The van der Waals surface area contributed by atoms with Crippen LogP contribution >= 0.6 is 12.2 Å². The summed E-state index contributed by atoms with van der Waals surface area (Å²) in [5.41, 5.74) is 1.26. The van der Waals surface area contributed by atoms with Gasteiger partial charge in [-0.3, -0.25) is 4.90 Å². The number of hydrogen-bond acceptors (Lipinski definition) is 3. The minimum Gasteiger partial charge on any atom is -0.379 e. The van der Waals surface area contributed by atoms with Crippen molar-refractivity contribution in [2.75, 3.05) is 45.9 Å². The summed E-state index contributed by atoms with van der Waals surface area (Å²) in [6, 6.07) is 10.4. The fourth-order valence-corrected chi connectivity index (χ4v) is 3.02. The first-order valence-electron chi connectivity index (χ1n) is 9.23. The van der Waals surface area contributed by atoms with Gasteiger partial charge in [0.2, 0.25) is 0 Å². The lowest BCUT2D eigenvalue weighted by Crippen LogP contribution is -2.51. The molecule has 0 aliphatic carbocycles. The predicted molar refractivity (Wildman–Crippen MR) is 110 cm³/mol. The van der Waals surface area contributed by atoms with Gasteiger partial charge in [-0.1, -0.05) is 42.5 Å². The number of rotatable bonds is 8. The fourth-order valence-electron chi connectivity index (χ4n) is 2.73. The van der Waals surface area contributed by atoms with Crippen molar-refractivity contribution in [2.24, 2.45) is 0 Å². The van der Waals surface area contributed by atoms with Crippen LogP contribution in [0.3, 0.4) is 0 Å². The summed E-state index contributed by atoms with van der Waals surface area (Å²) >= 11 is 5.51. The summed E-state index contributed by atoms with van der Waals surface area (Å²) in [5, 5.41) is 4.23. The molecule has 0 saturated carbocycles. The third-order valence-corrected chi connectivity index (χ3v) is 4.58. The normalized spacial score (nSPS) is 15.9. The van der Waals surface area contributed by atoms with Gasteiger partial charge in [-0.15, -0.1) is 0 Å². The van der Waals surface area contributed by atoms with Gasteiger partial charge in [0.25, 0.3) is 0 Å². The summed E-state index contributed by atoms with van der Waals surface area (Å²) in [7, 11) is 0. The predicted octanol–water partition coefficient (Wildman–Crippen LogP) is 3.01. The number of thiocarbonyl (C=S) groups is 1. The molecule has 0 atom stereocenters. The number of hydrogen-bond donors (Lipinski definition) is 1. The van der Waals surface area contributed by atoms with Gasteiger partial charge in [0.05, 0.1) is 6.10 Å². The van der Waals surface area contributed by atoms with Gasteiger partial charge in [-0.25, -0.2) is 0 Å². The van der Waals surface area contributed by atoms with Crippen molar-refractivity contribution in [3.8, 4) is 0 Å². The highest BCUT2D eigenvalue weighted by atomic mass is 32.1. The van der Waals surface area contributed by atoms with Crippen LogP contribution in [0.2, 0.25) is 0 Å². The second kappa shape index (κ2) is 11.2. The second-order valence-corrected chi connectivity index (χ2v) is 6.99. The molecule has 1 N–H and O–H groups in total. The van der Waals surface area contributed by atoms with Crippen LogP contribution in [0.4, 0.5) is 0 Å². The van der Waals surface area contributed by atoms with Gasteiger partial charge in [0, 0.05) is 45.9 Å². The van der Waals surface area contributed by atoms with Gasteiger partial charge >= 0.3 is 0 Å². The Morgan fingerprint density at radius 1 is 1.20 bits per heavy atom. The molecular weight excluding hydrogens is 330 g/mol. The zero-order valence-electron chi connectivity index (χ0n) is 15.5. The van der Waals surface area contributed by atoms with E-state index in [2.05, 4.69) is 65.4 Å². The highest BCUT2D eigenvalue weighted by Gasteiger charge is 2.17. The molecule has 138 valence electrons. The minimum absolute atomic E-state index is 0.302. The minimum atomic E-state index is 0.302. The highest BCUT2D eigenvalue weighted by Crippen LogP contribution is 2.05. The van der Waals surface area contributed by atoms with Gasteiger partial charge in [0.15, 0.2) is 5.11 Å². The summed E-state index contributed by atoms with van der Waals surface area (Å²) < 4.78 is 5.54. The van der Waals surface area contributed by atoms with Crippen molar-refractivity contribution in [3.63, 3.8) is 0 Å². The van der Waals surface area contributed by atoms with Crippen LogP contribution in [0, 0.1) is 0 Å². The Kier molecular flexibility index (Phi) is 8.94. The molecule has 1 aromatic rings. The van der Waals surface area contributed by atoms with E-state index >= 15 is 0 Å². The van der Waals surface area contributed by atoms with Crippen LogP contribution < -0.4 is 5.32 Å². The maximum atomic E-state index is 5.54. The molecule has 0 unspecified atom stereocenters. The number of nitrogens with zero attached hydrogens (tertiary/aromatic N) is 2. The summed E-state index contributed by atoms with van der Waals surface area (Å²) in [5.74, 6) is 0. The van der Waals surface area contributed by atoms with Gasteiger partial charge in [0.1, 0.15) is 0 Å². The average molecular weight is 362 g/mol. The summed E-state index contributed by atoms with van der Waals surface area (Å²) in [4.78, 5) is 4.74. The van der Waals surface area contributed by atoms with E-state index in [1.807, 2.05) is 6.07 Å². The first-order chi connectivity index (χ1) is 12.1.